The normalized spacial score (nSPS) is 12.8. The van der Waals surface area contributed by atoms with E-state index in [0.29, 0.717) is 22.3 Å². The third-order valence-corrected chi connectivity index (χ3v) is 6.60. The number of benzene rings is 1. The van der Waals surface area contributed by atoms with Crippen LogP contribution < -0.4 is 5.56 Å². The summed E-state index contributed by atoms with van der Waals surface area (Å²) < 4.78 is 6.97. The van der Waals surface area contributed by atoms with E-state index in [0.717, 1.165) is 15.3 Å². The molecule has 3 aromatic heterocycles. The van der Waals surface area contributed by atoms with Crippen molar-refractivity contribution < 1.29 is 4.52 Å². The predicted molar refractivity (Wildman–Crippen MR) is 113 cm³/mol. The fourth-order valence-corrected chi connectivity index (χ4v) is 4.74. The molecule has 0 radical (unpaired) electrons. The molecule has 6 nitrogen and oxygen atoms in total. The molecule has 0 aliphatic rings. The lowest BCUT2D eigenvalue weighted by Gasteiger charge is -2.09. The van der Waals surface area contributed by atoms with Gasteiger partial charge in [-0.3, -0.25) is 9.36 Å². The topological polar surface area (TPSA) is 73.8 Å². The monoisotopic (exact) mass is 412 g/mol. The van der Waals surface area contributed by atoms with Gasteiger partial charge in [0.1, 0.15) is 4.83 Å². The zero-order valence-electron chi connectivity index (χ0n) is 16.0. The van der Waals surface area contributed by atoms with Crippen LogP contribution >= 0.6 is 23.1 Å². The van der Waals surface area contributed by atoms with Crippen LogP contribution in [-0.2, 0) is 7.05 Å². The van der Waals surface area contributed by atoms with Gasteiger partial charge in [0.15, 0.2) is 11.0 Å². The smallest absolute Gasteiger partial charge is 0.262 e. The van der Waals surface area contributed by atoms with E-state index < -0.39 is 0 Å². The zero-order valence-corrected chi connectivity index (χ0v) is 17.7. The molecule has 0 aliphatic carbocycles. The van der Waals surface area contributed by atoms with Crippen molar-refractivity contribution in [3.63, 3.8) is 0 Å². The summed E-state index contributed by atoms with van der Waals surface area (Å²) in [6.07, 6.45) is 0. The first-order valence-electron chi connectivity index (χ1n) is 9.00. The van der Waals surface area contributed by atoms with Crippen LogP contribution in [0.4, 0.5) is 0 Å². The molecule has 1 aromatic carbocycles. The number of aromatic nitrogens is 4. The molecule has 4 aromatic rings. The van der Waals surface area contributed by atoms with Gasteiger partial charge >= 0.3 is 0 Å². The first-order valence-corrected chi connectivity index (χ1v) is 10.7. The second kappa shape index (κ2) is 7.52. The number of nitrogens with zero attached hydrogens (tertiary/aromatic N) is 4. The van der Waals surface area contributed by atoms with Crippen LogP contribution in [0, 0.1) is 0 Å². The third kappa shape index (κ3) is 3.49. The molecule has 0 N–H and O–H groups in total. The quantitative estimate of drug-likeness (QED) is 0.338. The Labute approximate surface area is 170 Å². The molecular weight excluding hydrogens is 392 g/mol. The maximum Gasteiger partial charge on any atom is 0.262 e. The van der Waals surface area contributed by atoms with E-state index in [4.69, 9.17) is 9.51 Å². The average Bonchev–Trinajstić information content (AvgIpc) is 3.34. The molecule has 3 heterocycles. The highest BCUT2D eigenvalue weighted by atomic mass is 32.2. The van der Waals surface area contributed by atoms with Crippen LogP contribution in [0.25, 0.3) is 20.7 Å². The number of rotatable bonds is 5. The van der Waals surface area contributed by atoms with Gasteiger partial charge in [-0.2, -0.15) is 4.98 Å². The van der Waals surface area contributed by atoms with E-state index >= 15 is 0 Å². The summed E-state index contributed by atoms with van der Waals surface area (Å²) in [5, 5.41) is 5.19. The number of hydrogen-bond acceptors (Lipinski definition) is 7. The van der Waals surface area contributed by atoms with E-state index in [2.05, 4.69) is 10.1 Å². The van der Waals surface area contributed by atoms with Gasteiger partial charge in [-0.15, -0.1) is 11.3 Å². The molecule has 0 bridgehead atoms. The van der Waals surface area contributed by atoms with E-state index in [1.807, 2.05) is 57.2 Å². The van der Waals surface area contributed by atoms with Crippen molar-refractivity contribution in [1.82, 2.24) is 19.7 Å². The number of hydrogen-bond donors (Lipinski definition) is 0. The summed E-state index contributed by atoms with van der Waals surface area (Å²) in [6.45, 7) is 6.02. The number of thiophene rings is 1. The van der Waals surface area contributed by atoms with E-state index in [9.17, 15) is 4.79 Å². The Morgan fingerprint density at radius 2 is 1.89 bits per heavy atom. The summed E-state index contributed by atoms with van der Waals surface area (Å²) in [5.41, 5.74) is 1.04. The van der Waals surface area contributed by atoms with Gasteiger partial charge in [0, 0.05) is 17.8 Å². The molecule has 0 unspecified atom stereocenters. The minimum absolute atomic E-state index is 0.0495. The first kappa shape index (κ1) is 18.9. The Morgan fingerprint density at radius 1 is 1.14 bits per heavy atom. The Bertz CT molecular complexity index is 1180. The van der Waals surface area contributed by atoms with Gasteiger partial charge in [0.2, 0.25) is 5.89 Å². The zero-order chi connectivity index (χ0) is 19.8. The molecule has 0 aliphatic heterocycles. The lowest BCUT2D eigenvalue weighted by molar-refractivity contribution is 0.373. The highest BCUT2D eigenvalue weighted by molar-refractivity contribution is 7.99. The van der Waals surface area contributed by atoms with Crippen LogP contribution in [0.1, 0.15) is 43.7 Å². The fraction of sp³-hybridized carbons (Fsp3) is 0.300. The average molecular weight is 413 g/mol. The Kier molecular flexibility index (Phi) is 5.07. The minimum atomic E-state index is -0.107. The summed E-state index contributed by atoms with van der Waals surface area (Å²) in [5.74, 6) is 1.43. The lowest BCUT2D eigenvalue weighted by atomic mass is 10.2. The van der Waals surface area contributed by atoms with Crippen LogP contribution in [0.15, 0.2) is 50.9 Å². The first-order chi connectivity index (χ1) is 13.4. The van der Waals surface area contributed by atoms with E-state index in [1.165, 1.54) is 23.1 Å². The summed E-state index contributed by atoms with van der Waals surface area (Å²) in [4.78, 5) is 23.8. The Hall–Kier alpha value is -2.45. The summed E-state index contributed by atoms with van der Waals surface area (Å²) >= 11 is 2.97. The highest BCUT2D eigenvalue weighted by Crippen LogP contribution is 2.36. The maximum absolute atomic E-state index is 12.9. The van der Waals surface area contributed by atoms with Crippen molar-refractivity contribution in [3.8, 4) is 10.4 Å². The van der Waals surface area contributed by atoms with E-state index in [1.54, 1.807) is 11.6 Å². The largest absolute Gasteiger partial charge is 0.338 e. The molecule has 0 spiro atoms. The molecule has 0 saturated carbocycles. The van der Waals surface area contributed by atoms with Crippen molar-refractivity contribution in [3.05, 3.63) is 58.5 Å². The van der Waals surface area contributed by atoms with Crippen molar-refractivity contribution in [1.29, 1.82) is 0 Å². The van der Waals surface area contributed by atoms with Gasteiger partial charge in [0.25, 0.3) is 5.56 Å². The van der Waals surface area contributed by atoms with Gasteiger partial charge in [-0.1, -0.05) is 61.1 Å². The number of fused-ring (bicyclic) bond motifs is 1. The van der Waals surface area contributed by atoms with Crippen molar-refractivity contribution in [2.75, 3.05) is 0 Å². The van der Waals surface area contributed by atoms with Gasteiger partial charge < -0.3 is 4.52 Å². The van der Waals surface area contributed by atoms with Gasteiger partial charge in [-0.05, 0) is 18.6 Å². The second-order valence-electron chi connectivity index (χ2n) is 6.86. The summed E-state index contributed by atoms with van der Waals surface area (Å²) in [7, 11) is 1.75. The molecular formula is C20H20N4O2S2. The molecule has 144 valence electrons. The summed E-state index contributed by atoms with van der Waals surface area (Å²) in [6, 6.07) is 12.0. The molecule has 8 heteroatoms. The van der Waals surface area contributed by atoms with Crippen LogP contribution in [0.3, 0.4) is 0 Å². The van der Waals surface area contributed by atoms with Gasteiger partial charge in [0.05, 0.1) is 10.6 Å². The molecule has 28 heavy (non-hydrogen) atoms. The number of thioether (sulfide) groups is 1. The highest BCUT2D eigenvalue weighted by Gasteiger charge is 2.20. The van der Waals surface area contributed by atoms with Crippen LogP contribution in [0.2, 0.25) is 0 Å². The van der Waals surface area contributed by atoms with E-state index in [-0.39, 0.29) is 16.7 Å². The third-order valence-electron chi connectivity index (χ3n) is 4.39. The van der Waals surface area contributed by atoms with Crippen molar-refractivity contribution >= 4 is 33.3 Å². The van der Waals surface area contributed by atoms with Crippen molar-refractivity contribution in [2.24, 2.45) is 7.05 Å². The van der Waals surface area contributed by atoms with Crippen molar-refractivity contribution in [2.45, 2.75) is 37.1 Å². The fourth-order valence-electron chi connectivity index (χ4n) is 2.75. The molecule has 0 saturated heterocycles. The van der Waals surface area contributed by atoms with Crippen LogP contribution in [-0.4, -0.2) is 19.7 Å². The second-order valence-corrected chi connectivity index (χ2v) is 9.20. The Balaban J connectivity index is 1.69. The lowest BCUT2D eigenvalue weighted by Crippen LogP contribution is -2.19. The predicted octanol–water partition coefficient (Wildman–Crippen LogP) is 5.02. The SMILES string of the molecule is CC(C)c1noc([C@H](C)Sc2nc3sc(-c4ccccc4)cc3c(=O)n2C)n1. The van der Waals surface area contributed by atoms with Gasteiger partial charge in [-0.25, -0.2) is 4.98 Å². The molecule has 0 fully saturated rings. The molecule has 0 amide bonds. The Morgan fingerprint density at radius 3 is 2.57 bits per heavy atom. The molecule has 1 atom stereocenters. The maximum atomic E-state index is 12.9. The van der Waals surface area contributed by atoms with Crippen LogP contribution in [0.5, 0.6) is 0 Å². The minimum Gasteiger partial charge on any atom is -0.338 e. The molecule has 4 rings (SSSR count). The standard InChI is InChI=1S/C20H20N4O2S2/c1-11(2)16-21-17(26-23-16)12(3)27-20-22-18-14(19(25)24(20)4)10-15(28-18)13-8-6-5-7-9-13/h5-12H,1-4H3/t12-/m0/s1.